The van der Waals surface area contributed by atoms with Gasteiger partial charge in [0.15, 0.2) is 5.82 Å². The molecule has 0 radical (unpaired) electrons. The van der Waals surface area contributed by atoms with Crippen molar-refractivity contribution in [3.63, 3.8) is 0 Å². The third kappa shape index (κ3) is 7.62. The van der Waals surface area contributed by atoms with Gasteiger partial charge in [0, 0.05) is 7.05 Å². The Morgan fingerprint density at radius 2 is 2.14 bits per heavy atom. The topological polar surface area (TPSA) is 102 Å². The van der Waals surface area contributed by atoms with E-state index in [0.717, 1.165) is 24.3 Å². The van der Waals surface area contributed by atoms with Crippen molar-refractivity contribution in [2.45, 2.75) is 13.2 Å². The van der Waals surface area contributed by atoms with Crippen molar-refractivity contribution in [3.8, 4) is 0 Å². The number of nitrogens with zero attached hydrogens (tertiary/aromatic N) is 2. The first-order valence-corrected chi connectivity index (χ1v) is 6.72. The molecule has 22 heavy (non-hydrogen) atoms. The van der Waals surface area contributed by atoms with Gasteiger partial charge in [-0.1, -0.05) is 0 Å². The van der Waals surface area contributed by atoms with Crippen LogP contribution in [0.3, 0.4) is 0 Å². The van der Waals surface area contributed by atoms with E-state index >= 15 is 0 Å². The summed E-state index contributed by atoms with van der Waals surface area (Å²) in [5.41, 5.74) is 2.42. The molecular formula is C13H22N4O5. The lowest BCUT2D eigenvalue weighted by Gasteiger charge is -2.08. The molecule has 0 unspecified atom stereocenters. The summed E-state index contributed by atoms with van der Waals surface area (Å²) < 4.78 is 11.0. The van der Waals surface area contributed by atoms with Gasteiger partial charge < -0.3 is 19.4 Å². The molecule has 9 heteroatoms. The third-order valence-corrected chi connectivity index (χ3v) is 2.45. The summed E-state index contributed by atoms with van der Waals surface area (Å²) >= 11 is 0. The molecule has 0 aliphatic carbocycles. The van der Waals surface area contributed by atoms with Gasteiger partial charge in [0.1, 0.15) is 18.1 Å². The molecule has 0 atom stereocenters. The van der Waals surface area contributed by atoms with Crippen LogP contribution in [0.25, 0.3) is 0 Å². The molecule has 1 rings (SSSR count). The smallest absolute Gasteiger partial charge is 0.276 e. The summed E-state index contributed by atoms with van der Waals surface area (Å²) in [6.45, 7) is 1.65. The molecule has 0 saturated heterocycles. The van der Waals surface area contributed by atoms with Crippen LogP contribution in [-0.2, 0) is 22.7 Å². The second-order valence-electron chi connectivity index (χ2n) is 4.69. The summed E-state index contributed by atoms with van der Waals surface area (Å²) in [5.74, 6) is 1.78. The van der Waals surface area contributed by atoms with E-state index in [2.05, 4.69) is 10.8 Å². The van der Waals surface area contributed by atoms with Gasteiger partial charge in [-0.25, -0.2) is 5.48 Å². The van der Waals surface area contributed by atoms with Crippen LogP contribution >= 0.6 is 0 Å². The first-order valence-electron chi connectivity index (χ1n) is 6.72. The van der Waals surface area contributed by atoms with E-state index in [-0.39, 0.29) is 12.4 Å². The quantitative estimate of drug-likeness (QED) is 0.349. The van der Waals surface area contributed by atoms with Crippen LogP contribution in [-0.4, -0.2) is 44.2 Å². The first-order chi connectivity index (χ1) is 10.5. The normalized spacial score (nSPS) is 11.7. The summed E-state index contributed by atoms with van der Waals surface area (Å²) in [6, 6.07) is 3.79. The Morgan fingerprint density at radius 3 is 2.77 bits per heavy atom. The van der Waals surface area contributed by atoms with Gasteiger partial charge in [0.25, 0.3) is 6.20 Å². The number of furan rings is 1. The van der Waals surface area contributed by atoms with E-state index in [9.17, 15) is 10.1 Å². The van der Waals surface area contributed by atoms with E-state index < -0.39 is 4.92 Å². The fourth-order valence-electron chi connectivity index (χ4n) is 1.55. The minimum Gasteiger partial charge on any atom is -0.462 e. The van der Waals surface area contributed by atoms with E-state index in [1.54, 1.807) is 7.05 Å². The molecule has 1 aromatic heterocycles. The highest BCUT2D eigenvalue weighted by Crippen LogP contribution is 2.10. The lowest BCUT2D eigenvalue weighted by atomic mass is 10.4. The molecule has 0 saturated carbocycles. The Hall–Kier alpha value is -2.10. The number of hydrogen-bond donors (Lipinski definition) is 2. The van der Waals surface area contributed by atoms with Gasteiger partial charge in [0.05, 0.1) is 24.7 Å². The van der Waals surface area contributed by atoms with Crippen LogP contribution < -0.4 is 10.8 Å². The number of hydroxylamine groups is 1. The van der Waals surface area contributed by atoms with Crippen LogP contribution in [0.5, 0.6) is 0 Å². The van der Waals surface area contributed by atoms with Crippen molar-refractivity contribution < 1.29 is 18.9 Å². The molecule has 9 nitrogen and oxygen atoms in total. The van der Waals surface area contributed by atoms with Crippen LogP contribution in [0.4, 0.5) is 0 Å². The summed E-state index contributed by atoms with van der Waals surface area (Å²) in [6.07, 6.45) is 0.774. The van der Waals surface area contributed by atoms with Crippen molar-refractivity contribution >= 4 is 0 Å². The maximum Gasteiger partial charge on any atom is 0.276 e. The Balaban J connectivity index is 2.15. The van der Waals surface area contributed by atoms with Crippen molar-refractivity contribution in [2.24, 2.45) is 0 Å². The van der Waals surface area contributed by atoms with E-state index in [0.29, 0.717) is 13.2 Å². The van der Waals surface area contributed by atoms with Gasteiger partial charge in [-0.3, -0.25) is 15.0 Å². The summed E-state index contributed by atoms with van der Waals surface area (Å²) in [5, 5.41) is 12.9. The van der Waals surface area contributed by atoms with Crippen molar-refractivity contribution in [1.82, 2.24) is 15.7 Å². The van der Waals surface area contributed by atoms with Crippen LogP contribution in [0.1, 0.15) is 11.5 Å². The maximum atomic E-state index is 10.3. The molecule has 0 aromatic carbocycles. The molecule has 1 heterocycles. The average Bonchev–Trinajstić information content (AvgIpc) is 2.87. The maximum absolute atomic E-state index is 10.3. The number of nitrogens with one attached hydrogen (secondary N) is 2. The molecular weight excluding hydrogens is 292 g/mol. The average molecular weight is 314 g/mol. The Kier molecular flexibility index (Phi) is 7.97. The zero-order valence-corrected chi connectivity index (χ0v) is 13.0. The molecule has 124 valence electrons. The Labute approximate surface area is 129 Å². The highest BCUT2D eigenvalue weighted by atomic mass is 16.7. The van der Waals surface area contributed by atoms with Gasteiger partial charge >= 0.3 is 0 Å². The van der Waals surface area contributed by atoms with Gasteiger partial charge in [-0.2, -0.15) is 0 Å². The zero-order valence-electron chi connectivity index (χ0n) is 13.0. The number of nitro groups is 1. The molecule has 0 amide bonds. The largest absolute Gasteiger partial charge is 0.462 e. The van der Waals surface area contributed by atoms with Gasteiger partial charge in [-0.15, -0.1) is 0 Å². The fourth-order valence-corrected chi connectivity index (χ4v) is 1.55. The zero-order chi connectivity index (χ0) is 16.4. The van der Waals surface area contributed by atoms with Gasteiger partial charge in [-0.05, 0) is 26.2 Å². The number of rotatable bonds is 11. The minimum atomic E-state index is -0.582. The highest BCUT2D eigenvalue weighted by Gasteiger charge is 2.04. The van der Waals surface area contributed by atoms with Gasteiger partial charge in [0.2, 0.25) is 0 Å². The second-order valence-corrected chi connectivity index (χ2v) is 4.69. The monoisotopic (exact) mass is 314 g/mol. The predicted molar refractivity (Wildman–Crippen MR) is 79.0 cm³/mol. The number of hydrogen-bond acceptors (Lipinski definition) is 8. The predicted octanol–water partition coefficient (Wildman–Crippen LogP) is 0.674. The Morgan fingerprint density at radius 1 is 1.41 bits per heavy atom. The van der Waals surface area contributed by atoms with Crippen LogP contribution in [0, 0.1) is 10.1 Å². The molecule has 0 aliphatic rings. The van der Waals surface area contributed by atoms with Crippen LogP contribution in [0.2, 0.25) is 0 Å². The molecule has 2 N–H and O–H groups in total. The van der Waals surface area contributed by atoms with E-state index in [1.807, 2.05) is 31.1 Å². The molecule has 0 fully saturated rings. The van der Waals surface area contributed by atoms with Crippen LogP contribution in [0.15, 0.2) is 28.6 Å². The summed E-state index contributed by atoms with van der Waals surface area (Å²) in [7, 11) is 5.48. The minimum absolute atomic E-state index is 0.157. The Bertz CT molecular complexity index is 487. The summed E-state index contributed by atoms with van der Waals surface area (Å²) in [4.78, 5) is 16.8. The molecule has 1 aromatic rings. The van der Waals surface area contributed by atoms with Crippen molar-refractivity contribution in [2.75, 3.05) is 34.4 Å². The first kappa shape index (κ1) is 18.0. The number of ether oxygens (including phenoxy) is 1. The SMILES string of the molecule is CNC(=C[N+](=O)[O-])NOCCOCc1ccc(CN(C)C)o1. The molecule has 0 bridgehead atoms. The lowest BCUT2D eigenvalue weighted by Crippen LogP contribution is -2.26. The van der Waals surface area contributed by atoms with E-state index in [1.165, 1.54) is 0 Å². The molecule has 0 aliphatic heterocycles. The molecule has 0 spiro atoms. The van der Waals surface area contributed by atoms with Crippen molar-refractivity contribution in [3.05, 3.63) is 45.8 Å². The standard InChI is InChI=1S/C13H22N4O5/c1-14-13(9-17(18)19)15-21-7-6-20-10-12-5-4-11(22-12)8-16(2)3/h4-5,9,14-15H,6-8,10H2,1-3H3. The highest BCUT2D eigenvalue weighted by molar-refractivity contribution is 5.06. The van der Waals surface area contributed by atoms with E-state index in [4.69, 9.17) is 14.0 Å². The fraction of sp³-hybridized carbons (Fsp3) is 0.538. The third-order valence-electron chi connectivity index (χ3n) is 2.45. The lowest BCUT2D eigenvalue weighted by molar-refractivity contribution is -0.404. The van der Waals surface area contributed by atoms with Crippen molar-refractivity contribution in [1.29, 1.82) is 0 Å². The second kappa shape index (κ2) is 9.77.